The Morgan fingerprint density at radius 3 is 2.79 bits per heavy atom. The van der Waals surface area contributed by atoms with Gasteiger partial charge in [-0.3, -0.25) is 10.1 Å². The van der Waals surface area contributed by atoms with E-state index in [1.165, 1.54) is 12.0 Å². The molecule has 3 rings (SSSR count). The number of halogens is 3. The van der Waals surface area contributed by atoms with Crippen molar-refractivity contribution in [3.8, 4) is 5.75 Å². The molecule has 2 atom stereocenters. The highest BCUT2D eigenvalue weighted by molar-refractivity contribution is 5.97. The van der Waals surface area contributed by atoms with E-state index in [0.29, 0.717) is 23.4 Å². The van der Waals surface area contributed by atoms with Crippen LogP contribution >= 0.6 is 0 Å². The predicted octanol–water partition coefficient (Wildman–Crippen LogP) is 1.10. The molecule has 1 aromatic carbocycles. The molecule has 0 aliphatic carbocycles. The van der Waals surface area contributed by atoms with E-state index in [9.17, 15) is 22.8 Å². The molecule has 1 fully saturated rings. The van der Waals surface area contributed by atoms with Gasteiger partial charge in [0.2, 0.25) is 0 Å². The minimum absolute atomic E-state index is 0.233. The van der Waals surface area contributed by atoms with E-state index in [0.717, 1.165) is 0 Å². The number of ether oxygens (including phenoxy) is 2. The summed E-state index contributed by atoms with van der Waals surface area (Å²) in [6.07, 6.45) is -5.99. The van der Waals surface area contributed by atoms with Gasteiger partial charge in [-0.2, -0.15) is 13.2 Å². The van der Waals surface area contributed by atoms with Crippen molar-refractivity contribution in [3.63, 3.8) is 0 Å². The SMILES string of the molecule is COc1ccc2c(c1)C(=O)N1CCNC(OC(=O)C(F)(F)F)[C@H]1C2. The number of nitrogens with zero attached hydrogens (tertiary/aromatic N) is 1. The highest BCUT2D eigenvalue weighted by Gasteiger charge is 2.46. The molecule has 2 heterocycles. The summed E-state index contributed by atoms with van der Waals surface area (Å²) in [4.78, 5) is 25.2. The lowest BCUT2D eigenvalue weighted by Crippen LogP contribution is -2.63. The third-order valence-corrected chi connectivity index (χ3v) is 4.15. The number of amides is 1. The van der Waals surface area contributed by atoms with Crippen LogP contribution in [0.5, 0.6) is 5.75 Å². The lowest BCUT2D eigenvalue weighted by Gasteiger charge is -2.44. The van der Waals surface area contributed by atoms with Crippen LogP contribution in [0, 0.1) is 0 Å². The molecule has 0 saturated carbocycles. The standard InChI is InChI=1S/C15H15F3N2O4/c1-23-9-3-2-8-6-11-12(24-14(22)15(16,17)18)19-4-5-20(11)13(21)10(8)7-9/h2-3,7,11-12,19H,4-6H2,1H3/t11-,12?/m1/s1. The van der Waals surface area contributed by atoms with E-state index in [1.807, 2.05) is 0 Å². The molecular formula is C15H15F3N2O4. The van der Waals surface area contributed by atoms with Crippen molar-refractivity contribution in [2.24, 2.45) is 0 Å². The molecule has 1 unspecified atom stereocenters. The molecule has 6 nitrogen and oxygen atoms in total. The van der Waals surface area contributed by atoms with Gasteiger partial charge >= 0.3 is 12.1 Å². The second-order valence-electron chi connectivity index (χ2n) is 5.57. The summed E-state index contributed by atoms with van der Waals surface area (Å²) in [5.41, 5.74) is 1.13. The van der Waals surface area contributed by atoms with Crippen LogP contribution < -0.4 is 10.1 Å². The molecular weight excluding hydrogens is 329 g/mol. The summed E-state index contributed by atoms with van der Waals surface area (Å²) in [5, 5.41) is 2.73. The topological polar surface area (TPSA) is 67.9 Å². The van der Waals surface area contributed by atoms with Gasteiger partial charge in [0.15, 0.2) is 6.23 Å². The zero-order valence-electron chi connectivity index (χ0n) is 12.7. The van der Waals surface area contributed by atoms with Gasteiger partial charge in [0.25, 0.3) is 5.91 Å². The van der Waals surface area contributed by atoms with E-state index in [1.54, 1.807) is 18.2 Å². The van der Waals surface area contributed by atoms with Crippen LogP contribution in [0.4, 0.5) is 13.2 Å². The first-order valence-electron chi connectivity index (χ1n) is 7.30. The second-order valence-corrected chi connectivity index (χ2v) is 5.57. The number of piperazine rings is 1. The van der Waals surface area contributed by atoms with E-state index in [4.69, 9.17) is 4.74 Å². The highest BCUT2D eigenvalue weighted by atomic mass is 19.4. The van der Waals surface area contributed by atoms with E-state index in [2.05, 4.69) is 10.1 Å². The predicted molar refractivity (Wildman–Crippen MR) is 75.5 cm³/mol. The number of hydrogen-bond donors (Lipinski definition) is 1. The number of hydrogen-bond acceptors (Lipinski definition) is 5. The summed E-state index contributed by atoms with van der Waals surface area (Å²) < 4.78 is 46.9. The Bertz CT molecular complexity index is 677. The van der Waals surface area contributed by atoms with Crippen LogP contribution in [0.1, 0.15) is 15.9 Å². The maximum atomic E-state index is 12.6. The van der Waals surface area contributed by atoms with Crippen molar-refractivity contribution in [2.45, 2.75) is 24.9 Å². The second kappa shape index (κ2) is 5.97. The Morgan fingerprint density at radius 2 is 2.12 bits per heavy atom. The molecule has 9 heteroatoms. The van der Waals surface area contributed by atoms with Crippen LogP contribution in [0.2, 0.25) is 0 Å². The molecule has 0 radical (unpaired) electrons. The molecule has 130 valence electrons. The number of benzene rings is 1. The molecule has 2 aliphatic rings. The van der Waals surface area contributed by atoms with Gasteiger partial charge in [-0.1, -0.05) is 6.07 Å². The van der Waals surface area contributed by atoms with Crippen molar-refractivity contribution in [1.82, 2.24) is 10.2 Å². The number of rotatable bonds is 2. The normalized spacial score (nSPS) is 23.3. The molecule has 24 heavy (non-hydrogen) atoms. The van der Waals surface area contributed by atoms with E-state index < -0.39 is 24.4 Å². The Morgan fingerprint density at radius 1 is 1.38 bits per heavy atom. The average Bonchev–Trinajstić information content (AvgIpc) is 2.54. The van der Waals surface area contributed by atoms with Crippen molar-refractivity contribution in [1.29, 1.82) is 0 Å². The quantitative estimate of drug-likeness (QED) is 0.814. The summed E-state index contributed by atoms with van der Waals surface area (Å²) in [7, 11) is 1.48. The first-order chi connectivity index (χ1) is 11.3. The summed E-state index contributed by atoms with van der Waals surface area (Å²) in [6, 6.07) is 4.29. The molecule has 0 bridgehead atoms. The van der Waals surface area contributed by atoms with Gasteiger partial charge in [0.05, 0.1) is 13.2 Å². The number of nitrogens with one attached hydrogen (secondary N) is 1. The van der Waals surface area contributed by atoms with Gasteiger partial charge in [-0.25, -0.2) is 4.79 Å². The van der Waals surface area contributed by atoms with Crippen LogP contribution in [0.3, 0.4) is 0 Å². The molecule has 0 aromatic heterocycles. The van der Waals surface area contributed by atoms with Gasteiger partial charge in [0.1, 0.15) is 5.75 Å². The highest BCUT2D eigenvalue weighted by Crippen LogP contribution is 2.30. The Kier molecular flexibility index (Phi) is 4.12. The molecule has 1 aromatic rings. The van der Waals surface area contributed by atoms with Gasteiger partial charge < -0.3 is 14.4 Å². The number of fused-ring (bicyclic) bond motifs is 2. The maximum Gasteiger partial charge on any atom is 0.490 e. The number of esters is 1. The van der Waals surface area contributed by atoms with Crippen molar-refractivity contribution >= 4 is 11.9 Å². The zero-order valence-corrected chi connectivity index (χ0v) is 12.7. The first kappa shape index (κ1) is 16.6. The van der Waals surface area contributed by atoms with Crippen LogP contribution in [0.15, 0.2) is 18.2 Å². The number of methoxy groups -OCH3 is 1. The van der Waals surface area contributed by atoms with Crippen LogP contribution in [-0.4, -0.2) is 55.4 Å². The summed E-state index contributed by atoms with van der Waals surface area (Å²) in [5.74, 6) is -2.06. The fraction of sp³-hybridized carbons (Fsp3) is 0.467. The summed E-state index contributed by atoms with van der Waals surface area (Å²) in [6.45, 7) is 0.553. The lowest BCUT2D eigenvalue weighted by molar-refractivity contribution is -0.210. The smallest absolute Gasteiger partial charge is 0.490 e. The minimum atomic E-state index is -5.08. The molecule has 2 aliphatic heterocycles. The Labute approximate surface area is 135 Å². The first-order valence-corrected chi connectivity index (χ1v) is 7.30. The Balaban J connectivity index is 1.86. The molecule has 1 N–H and O–H groups in total. The molecule has 1 amide bonds. The van der Waals surface area contributed by atoms with Crippen molar-refractivity contribution in [2.75, 3.05) is 20.2 Å². The zero-order chi connectivity index (χ0) is 17.5. The number of alkyl halides is 3. The Hall–Kier alpha value is -2.29. The van der Waals surface area contributed by atoms with Crippen molar-refractivity contribution in [3.05, 3.63) is 29.3 Å². The fourth-order valence-electron chi connectivity index (χ4n) is 3.00. The average molecular weight is 344 g/mol. The number of carbonyl (C=O) groups is 2. The van der Waals surface area contributed by atoms with Gasteiger partial charge in [-0.15, -0.1) is 0 Å². The van der Waals surface area contributed by atoms with Crippen LogP contribution in [-0.2, 0) is 16.0 Å². The van der Waals surface area contributed by atoms with Gasteiger partial charge in [0, 0.05) is 18.7 Å². The fourth-order valence-corrected chi connectivity index (χ4v) is 3.00. The molecule has 0 spiro atoms. The van der Waals surface area contributed by atoms with Crippen LogP contribution in [0.25, 0.3) is 0 Å². The lowest BCUT2D eigenvalue weighted by atomic mass is 9.91. The van der Waals surface area contributed by atoms with E-state index in [-0.39, 0.29) is 18.9 Å². The third kappa shape index (κ3) is 2.91. The third-order valence-electron chi connectivity index (χ3n) is 4.15. The van der Waals surface area contributed by atoms with Crippen molar-refractivity contribution < 1.29 is 32.2 Å². The minimum Gasteiger partial charge on any atom is -0.497 e. The summed E-state index contributed by atoms with van der Waals surface area (Å²) >= 11 is 0. The number of carbonyl (C=O) groups excluding carboxylic acids is 2. The monoisotopic (exact) mass is 344 g/mol. The maximum absolute atomic E-state index is 12.6. The van der Waals surface area contributed by atoms with E-state index >= 15 is 0 Å². The molecule has 1 saturated heterocycles. The largest absolute Gasteiger partial charge is 0.497 e. The van der Waals surface area contributed by atoms with Gasteiger partial charge in [-0.05, 0) is 24.1 Å².